The Balaban J connectivity index is -0.0000000267. The summed E-state index contributed by atoms with van der Waals surface area (Å²) in [4.78, 5) is 9.21. The summed E-state index contributed by atoms with van der Waals surface area (Å²) in [6.45, 7) is 3.29. The summed E-state index contributed by atoms with van der Waals surface area (Å²) in [5, 5.41) is 0. The van der Waals surface area contributed by atoms with Gasteiger partial charge in [0, 0.05) is 16.8 Å². The molecule has 0 heterocycles. The molecule has 0 aromatic carbocycles. The normalized spacial score (nSPS) is 4.00. The van der Waals surface area contributed by atoms with E-state index >= 15 is 0 Å². The Morgan fingerprint density at radius 2 is 1.88 bits per heavy atom. The predicted octanol–water partition coefficient (Wildman–Crippen LogP) is 1.83. The molecule has 1 nitrogen and oxygen atoms in total. The van der Waals surface area contributed by atoms with Crippen LogP contribution in [-0.4, -0.2) is 6.29 Å². The van der Waals surface area contributed by atoms with Crippen LogP contribution >= 0.6 is 34.0 Å². The Kier molecular flexibility index (Phi) is 71.7. The van der Waals surface area contributed by atoms with Gasteiger partial charge in [0.05, 0.1) is 0 Å². The first-order valence-corrected chi connectivity index (χ1v) is 1.37. The molecule has 0 unspecified atom stereocenters. The van der Waals surface area contributed by atoms with Gasteiger partial charge in [0.25, 0.3) is 0 Å². The van der Waals surface area contributed by atoms with Crippen molar-refractivity contribution in [3.63, 3.8) is 0 Å². The zero-order valence-corrected chi connectivity index (χ0v) is 8.52. The molecule has 0 saturated carbocycles. The summed E-state index contributed by atoms with van der Waals surface area (Å²) in [5.41, 5.74) is 0. The second-order valence-corrected chi connectivity index (χ2v) is 0.637. The Hall–Kier alpha value is 0.876. The van der Waals surface area contributed by atoms with Gasteiger partial charge in [0.2, 0.25) is 0 Å². The van der Waals surface area contributed by atoms with Crippen LogP contribution in [0.5, 0.6) is 0 Å². The molecular formula is C4H7Br2CoO-. The summed E-state index contributed by atoms with van der Waals surface area (Å²) < 4.78 is 0. The molecule has 1 radical (unpaired) electrons. The second kappa shape index (κ2) is 24.8. The van der Waals surface area contributed by atoms with Gasteiger partial charge in [-0.2, -0.15) is 0 Å². The van der Waals surface area contributed by atoms with Crippen molar-refractivity contribution in [3.05, 3.63) is 12.7 Å². The minimum Gasteiger partial charge on any atom is -0.541 e. The summed E-state index contributed by atoms with van der Waals surface area (Å²) >= 11 is 0. The van der Waals surface area contributed by atoms with E-state index in [-0.39, 0.29) is 50.7 Å². The molecule has 0 aromatic heterocycles. The van der Waals surface area contributed by atoms with Crippen LogP contribution in [0.4, 0.5) is 0 Å². The maximum absolute atomic E-state index is 9.21. The third-order valence-corrected chi connectivity index (χ3v) is 0.228. The maximum atomic E-state index is 9.21. The number of halogens is 2. The maximum Gasteiger partial charge on any atom is 0 e. The molecule has 0 aliphatic rings. The molecule has 0 saturated heterocycles. The quantitative estimate of drug-likeness (QED) is 0.560. The first-order chi connectivity index (χ1) is 2.41. The molecule has 0 aromatic rings. The topological polar surface area (TPSA) is 17.1 Å². The van der Waals surface area contributed by atoms with Crippen LogP contribution in [0, 0.1) is 0 Å². The Labute approximate surface area is 80.7 Å². The fraction of sp³-hybridized carbons (Fsp3) is 0.250. The van der Waals surface area contributed by atoms with Gasteiger partial charge in [-0.05, 0) is 0 Å². The predicted molar refractivity (Wildman–Crippen MR) is 41.2 cm³/mol. The van der Waals surface area contributed by atoms with Crippen LogP contribution in [-0.2, 0) is 21.6 Å². The van der Waals surface area contributed by atoms with Gasteiger partial charge >= 0.3 is 0 Å². The van der Waals surface area contributed by atoms with Crippen LogP contribution in [0.1, 0.15) is 6.42 Å². The third kappa shape index (κ3) is 28.7. The molecule has 0 fully saturated rings. The minimum atomic E-state index is 0. The molecule has 53 valence electrons. The van der Waals surface area contributed by atoms with E-state index in [1.807, 2.05) is 0 Å². The third-order valence-electron chi connectivity index (χ3n) is 0.228. The fourth-order valence-electron chi connectivity index (χ4n) is 0.0589. The van der Waals surface area contributed by atoms with E-state index < -0.39 is 0 Å². The Bertz CT molecular complexity index is 43.3. The zero-order valence-electron chi connectivity index (χ0n) is 4.05. The number of allylic oxidation sites excluding steroid dienone is 1. The molecule has 0 amide bonds. The van der Waals surface area contributed by atoms with Crippen LogP contribution in [0.25, 0.3) is 0 Å². The number of hydrogen-bond acceptors (Lipinski definition) is 1. The van der Waals surface area contributed by atoms with E-state index in [1.54, 1.807) is 6.29 Å². The first kappa shape index (κ1) is 23.2. The molecule has 0 aliphatic heterocycles. The van der Waals surface area contributed by atoms with E-state index in [9.17, 15) is 4.79 Å². The van der Waals surface area contributed by atoms with Crippen LogP contribution < -0.4 is 0 Å². The zero-order chi connectivity index (χ0) is 4.12. The van der Waals surface area contributed by atoms with Gasteiger partial charge in [-0.1, -0.05) is 0 Å². The van der Waals surface area contributed by atoms with Crippen molar-refractivity contribution in [2.45, 2.75) is 6.42 Å². The number of rotatable bonds is 2. The number of hydrogen-bond donors (Lipinski definition) is 0. The first-order valence-electron chi connectivity index (χ1n) is 1.37. The van der Waals surface area contributed by atoms with Gasteiger partial charge in [-0.15, -0.1) is 53.0 Å². The molecular weight excluding hydrogens is 283 g/mol. The molecule has 0 spiro atoms. The summed E-state index contributed by atoms with van der Waals surface area (Å²) in [6.07, 6.45) is 3.50. The smallest absolute Gasteiger partial charge is 0 e. The van der Waals surface area contributed by atoms with E-state index in [2.05, 4.69) is 6.58 Å². The summed E-state index contributed by atoms with van der Waals surface area (Å²) in [6, 6.07) is 0. The SMILES string of the molecule is Br.Br.C=CC[C-]=O.[Co]. The van der Waals surface area contributed by atoms with Gasteiger partial charge in [0.15, 0.2) is 0 Å². The molecule has 4 heteroatoms. The average molecular weight is 290 g/mol. The average Bonchev–Trinajstić information content (AvgIpc) is 1.41. The van der Waals surface area contributed by atoms with Crippen molar-refractivity contribution >= 4 is 40.2 Å². The van der Waals surface area contributed by atoms with Crippen molar-refractivity contribution in [3.8, 4) is 0 Å². The van der Waals surface area contributed by atoms with E-state index in [0.717, 1.165) is 0 Å². The number of carbonyl (C=O) groups excluding carboxylic acids is 1. The van der Waals surface area contributed by atoms with Crippen LogP contribution in [0.15, 0.2) is 12.7 Å². The summed E-state index contributed by atoms with van der Waals surface area (Å²) in [5.74, 6) is 0. The molecule has 0 atom stereocenters. The van der Waals surface area contributed by atoms with Gasteiger partial charge in [-0.25, -0.2) is 0 Å². The van der Waals surface area contributed by atoms with Crippen LogP contribution in [0.3, 0.4) is 0 Å². The van der Waals surface area contributed by atoms with Crippen molar-refractivity contribution in [2.75, 3.05) is 0 Å². The molecule has 0 N–H and O–H groups in total. The van der Waals surface area contributed by atoms with E-state index in [4.69, 9.17) is 0 Å². The second-order valence-electron chi connectivity index (χ2n) is 0.637. The van der Waals surface area contributed by atoms with Gasteiger partial charge < -0.3 is 4.79 Å². The molecule has 0 bridgehead atoms. The fourth-order valence-corrected chi connectivity index (χ4v) is 0.0589. The monoisotopic (exact) mass is 288 g/mol. The van der Waals surface area contributed by atoms with Gasteiger partial charge in [0.1, 0.15) is 0 Å². The Morgan fingerprint density at radius 1 is 1.50 bits per heavy atom. The van der Waals surface area contributed by atoms with Gasteiger partial charge in [-0.3, -0.25) is 6.29 Å². The van der Waals surface area contributed by atoms with Crippen molar-refractivity contribution in [1.29, 1.82) is 0 Å². The Morgan fingerprint density at radius 3 is 1.88 bits per heavy atom. The largest absolute Gasteiger partial charge is 0.541 e. The van der Waals surface area contributed by atoms with Crippen LogP contribution in [0.2, 0.25) is 0 Å². The van der Waals surface area contributed by atoms with Crippen molar-refractivity contribution in [2.24, 2.45) is 0 Å². The van der Waals surface area contributed by atoms with E-state index in [1.165, 1.54) is 6.08 Å². The molecule has 0 aliphatic carbocycles. The minimum absolute atomic E-state index is 0. The molecule has 0 rings (SSSR count). The van der Waals surface area contributed by atoms with E-state index in [0.29, 0.717) is 6.42 Å². The van der Waals surface area contributed by atoms with Crippen molar-refractivity contribution in [1.82, 2.24) is 0 Å². The standard InChI is InChI=1S/C4H5O.2BrH.Co/c1-2-3-4-5;;;/h2H,1,3H2;2*1H;/q-1;;;. The molecule has 8 heavy (non-hydrogen) atoms. The summed E-state index contributed by atoms with van der Waals surface area (Å²) in [7, 11) is 0. The van der Waals surface area contributed by atoms with Crippen molar-refractivity contribution < 1.29 is 21.6 Å².